The number of carbonyl (C=O) groups excluding carboxylic acids is 1. The molecule has 1 saturated heterocycles. The predicted octanol–water partition coefficient (Wildman–Crippen LogP) is 3.38. The molecule has 0 radical (unpaired) electrons. The maximum Gasteiger partial charge on any atom is 0.275 e. The SMILES string of the molecule is Cn1cc2cc(NC(=O)c3cnc(N4CC(CCC5CC5)C4)cn3)cc(F)c2n1. The number of rotatable bonds is 6. The van der Waals surface area contributed by atoms with Crippen molar-refractivity contribution in [3.8, 4) is 0 Å². The Morgan fingerprint density at radius 1 is 1.17 bits per heavy atom. The standard InChI is InChI=1S/C21H23FN6O/c1-27-12-15-6-16(7-17(22)20(15)26-27)25-21(29)18-8-24-19(9-23-18)28-10-14(11-28)5-4-13-2-3-13/h6-9,12-14H,2-5,10-11H2,1H3,(H,25,29). The molecule has 0 unspecified atom stereocenters. The van der Waals surface area contributed by atoms with Gasteiger partial charge < -0.3 is 10.2 Å². The molecule has 5 rings (SSSR count). The molecule has 1 N–H and O–H groups in total. The monoisotopic (exact) mass is 394 g/mol. The van der Waals surface area contributed by atoms with Crippen molar-refractivity contribution in [2.75, 3.05) is 23.3 Å². The van der Waals surface area contributed by atoms with E-state index in [-0.39, 0.29) is 11.2 Å². The Balaban J connectivity index is 1.20. The third-order valence-corrected chi connectivity index (χ3v) is 5.77. The van der Waals surface area contributed by atoms with Crippen LogP contribution in [0.5, 0.6) is 0 Å². The maximum absolute atomic E-state index is 14.2. The van der Waals surface area contributed by atoms with Crippen LogP contribution in [0.25, 0.3) is 10.9 Å². The van der Waals surface area contributed by atoms with E-state index in [9.17, 15) is 9.18 Å². The Labute approximate surface area is 167 Å². The van der Waals surface area contributed by atoms with Gasteiger partial charge in [-0.2, -0.15) is 5.10 Å². The average molecular weight is 394 g/mol. The third-order valence-electron chi connectivity index (χ3n) is 5.77. The lowest BCUT2D eigenvalue weighted by molar-refractivity contribution is 0.102. The second kappa shape index (κ2) is 7.09. The van der Waals surface area contributed by atoms with Gasteiger partial charge in [-0.3, -0.25) is 9.48 Å². The van der Waals surface area contributed by atoms with E-state index in [1.807, 2.05) is 0 Å². The zero-order valence-electron chi connectivity index (χ0n) is 16.3. The number of nitrogens with one attached hydrogen (secondary N) is 1. The van der Waals surface area contributed by atoms with E-state index >= 15 is 0 Å². The number of nitrogens with zero attached hydrogens (tertiary/aromatic N) is 5. The Morgan fingerprint density at radius 2 is 1.97 bits per heavy atom. The lowest BCUT2D eigenvalue weighted by Crippen LogP contribution is -2.47. The highest BCUT2D eigenvalue weighted by molar-refractivity contribution is 6.03. The molecule has 2 aromatic heterocycles. The van der Waals surface area contributed by atoms with Crippen LogP contribution < -0.4 is 10.2 Å². The Morgan fingerprint density at radius 3 is 2.69 bits per heavy atom. The van der Waals surface area contributed by atoms with Crippen molar-refractivity contribution in [3.05, 3.63) is 42.2 Å². The summed E-state index contributed by atoms with van der Waals surface area (Å²) in [5, 5.41) is 7.37. The molecule has 0 spiro atoms. The van der Waals surface area contributed by atoms with Crippen molar-refractivity contribution in [1.29, 1.82) is 0 Å². The summed E-state index contributed by atoms with van der Waals surface area (Å²) in [5.41, 5.74) is 0.839. The zero-order valence-corrected chi connectivity index (χ0v) is 16.3. The van der Waals surface area contributed by atoms with Gasteiger partial charge in [-0.25, -0.2) is 14.4 Å². The average Bonchev–Trinajstić information content (AvgIpc) is 3.41. The number of aromatic nitrogens is 4. The van der Waals surface area contributed by atoms with Gasteiger partial charge in [-0.1, -0.05) is 19.3 Å². The number of amides is 1. The number of carbonyl (C=O) groups is 1. The number of fused-ring (bicyclic) bond motifs is 1. The van der Waals surface area contributed by atoms with Crippen LogP contribution in [0.3, 0.4) is 0 Å². The number of benzene rings is 1. The van der Waals surface area contributed by atoms with Crippen LogP contribution in [-0.2, 0) is 7.05 Å². The van der Waals surface area contributed by atoms with Crippen LogP contribution in [-0.4, -0.2) is 38.7 Å². The van der Waals surface area contributed by atoms with Gasteiger partial charge in [0.2, 0.25) is 0 Å². The molecule has 29 heavy (non-hydrogen) atoms. The van der Waals surface area contributed by atoms with Crippen molar-refractivity contribution >= 4 is 28.3 Å². The molecular formula is C21H23FN6O. The van der Waals surface area contributed by atoms with Crippen molar-refractivity contribution in [1.82, 2.24) is 19.7 Å². The summed E-state index contributed by atoms with van der Waals surface area (Å²) in [6, 6.07) is 2.95. The Bertz CT molecular complexity index is 1050. The van der Waals surface area contributed by atoms with E-state index in [4.69, 9.17) is 0 Å². The first-order valence-corrected chi connectivity index (χ1v) is 10.1. The van der Waals surface area contributed by atoms with Crippen molar-refractivity contribution in [2.24, 2.45) is 18.9 Å². The van der Waals surface area contributed by atoms with Crippen LogP contribution in [0.15, 0.2) is 30.7 Å². The highest BCUT2D eigenvalue weighted by Gasteiger charge is 2.30. The molecular weight excluding hydrogens is 371 g/mol. The lowest BCUT2D eigenvalue weighted by atomic mass is 9.93. The smallest absolute Gasteiger partial charge is 0.275 e. The van der Waals surface area contributed by atoms with Gasteiger partial charge in [-0.15, -0.1) is 0 Å². The zero-order chi connectivity index (χ0) is 20.0. The minimum atomic E-state index is -0.478. The normalized spacial score (nSPS) is 16.8. The molecule has 8 heteroatoms. The first-order valence-electron chi connectivity index (χ1n) is 10.1. The molecule has 2 aliphatic rings. The minimum Gasteiger partial charge on any atom is -0.355 e. The Kier molecular flexibility index (Phi) is 4.41. The molecule has 0 atom stereocenters. The van der Waals surface area contributed by atoms with E-state index in [0.717, 1.165) is 30.7 Å². The highest BCUT2D eigenvalue weighted by Crippen LogP contribution is 2.36. The topological polar surface area (TPSA) is 75.9 Å². The molecule has 1 aliphatic carbocycles. The summed E-state index contributed by atoms with van der Waals surface area (Å²) in [5.74, 6) is 1.63. The van der Waals surface area contributed by atoms with Crippen LogP contribution in [0.1, 0.15) is 36.2 Å². The van der Waals surface area contributed by atoms with Crippen LogP contribution >= 0.6 is 0 Å². The number of hydrogen-bond acceptors (Lipinski definition) is 5. The maximum atomic E-state index is 14.2. The Hall–Kier alpha value is -3.03. The van der Waals surface area contributed by atoms with Gasteiger partial charge in [0.25, 0.3) is 5.91 Å². The predicted molar refractivity (Wildman–Crippen MR) is 108 cm³/mol. The molecule has 7 nitrogen and oxygen atoms in total. The van der Waals surface area contributed by atoms with Gasteiger partial charge >= 0.3 is 0 Å². The first kappa shape index (κ1) is 18.0. The highest BCUT2D eigenvalue weighted by atomic mass is 19.1. The fourth-order valence-corrected chi connectivity index (χ4v) is 3.90. The van der Waals surface area contributed by atoms with E-state index in [2.05, 4.69) is 25.3 Å². The summed E-state index contributed by atoms with van der Waals surface area (Å²) in [6.45, 7) is 2.02. The molecule has 3 aromatic rings. The molecule has 0 bridgehead atoms. The number of hydrogen-bond donors (Lipinski definition) is 1. The molecule has 1 saturated carbocycles. The summed E-state index contributed by atoms with van der Waals surface area (Å²) < 4.78 is 15.7. The van der Waals surface area contributed by atoms with Crippen molar-refractivity contribution in [2.45, 2.75) is 25.7 Å². The van der Waals surface area contributed by atoms with Crippen LogP contribution in [0, 0.1) is 17.7 Å². The number of anilines is 2. The van der Waals surface area contributed by atoms with Gasteiger partial charge in [0.05, 0.1) is 12.4 Å². The second-order valence-electron chi connectivity index (χ2n) is 8.20. The summed E-state index contributed by atoms with van der Waals surface area (Å²) in [7, 11) is 1.72. The molecule has 2 fully saturated rings. The quantitative estimate of drug-likeness (QED) is 0.694. The van der Waals surface area contributed by atoms with Crippen LogP contribution in [0.2, 0.25) is 0 Å². The summed E-state index contributed by atoms with van der Waals surface area (Å²) in [6.07, 6.45) is 10.3. The van der Waals surface area contributed by atoms with E-state index in [1.165, 1.54) is 42.6 Å². The summed E-state index contributed by atoms with van der Waals surface area (Å²) >= 11 is 0. The number of aryl methyl sites for hydroxylation is 1. The van der Waals surface area contributed by atoms with E-state index in [0.29, 0.717) is 11.1 Å². The van der Waals surface area contributed by atoms with E-state index in [1.54, 1.807) is 25.5 Å². The largest absolute Gasteiger partial charge is 0.355 e. The van der Waals surface area contributed by atoms with Crippen molar-refractivity contribution in [3.63, 3.8) is 0 Å². The second-order valence-corrected chi connectivity index (χ2v) is 8.20. The molecule has 1 amide bonds. The molecule has 150 valence electrons. The summed E-state index contributed by atoms with van der Waals surface area (Å²) in [4.78, 5) is 23.3. The van der Waals surface area contributed by atoms with Gasteiger partial charge in [-0.05, 0) is 30.4 Å². The fourth-order valence-electron chi connectivity index (χ4n) is 3.90. The minimum absolute atomic E-state index is 0.200. The van der Waals surface area contributed by atoms with Crippen LogP contribution in [0.4, 0.5) is 15.9 Å². The molecule has 1 aliphatic heterocycles. The van der Waals surface area contributed by atoms with Gasteiger partial charge in [0, 0.05) is 37.4 Å². The lowest BCUT2D eigenvalue weighted by Gasteiger charge is -2.40. The number of halogens is 1. The van der Waals surface area contributed by atoms with Crippen molar-refractivity contribution < 1.29 is 9.18 Å². The van der Waals surface area contributed by atoms with Gasteiger partial charge in [0.1, 0.15) is 17.0 Å². The molecule has 3 heterocycles. The van der Waals surface area contributed by atoms with E-state index < -0.39 is 11.7 Å². The fraction of sp³-hybridized carbons (Fsp3) is 0.429. The van der Waals surface area contributed by atoms with Gasteiger partial charge in [0.15, 0.2) is 5.82 Å². The first-order chi connectivity index (χ1) is 14.0. The third kappa shape index (κ3) is 3.79. The molecule has 1 aromatic carbocycles.